The molecule has 0 saturated heterocycles. The van der Waals surface area contributed by atoms with Gasteiger partial charge in [0, 0.05) is 19.2 Å². The van der Waals surface area contributed by atoms with E-state index in [9.17, 15) is 22.9 Å². The summed E-state index contributed by atoms with van der Waals surface area (Å²) in [5.74, 6) is -0.885. The summed E-state index contributed by atoms with van der Waals surface area (Å²) in [6.45, 7) is 3.13. The van der Waals surface area contributed by atoms with Crippen molar-refractivity contribution >= 4 is 42.1 Å². The Balaban J connectivity index is 1.07. The van der Waals surface area contributed by atoms with Crippen LogP contribution in [0.15, 0.2) is 95.4 Å². The lowest BCUT2D eigenvalue weighted by atomic mass is 10.0. The number of hydrogen-bond acceptors (Lipinski definition) is 10. The molecule has 1 fully saturated rings. The number of rotatable bonds is 20. The van der Waals surface area contributed by atoms with E-state index in [1.54, 1.807) is 14.0 Å². The van der Waals surface area contributed by atoms with E-state index < -0.39 is 37.8 Å². The third-order valence-electron chi connectivity index (χ3n) is 9.45. The first-order valence-electron chi connectivity index (χ1n) is 18.4. The molecular formula is C41H46N3O10PS. The first kappa shape index (κ1) is 41.1. The van der Waals surface area contributed by atoms with Crippen LogP contribution in [-0.2, 0) is 58.7 Å². The van der Waals surface area contributed by atoms with Crippen LogP contribution in [0.5, 0.6) is 0 Å². The van der Waals surface area contributed by atoms with Crippen LogP contribution in [0.4, 0.5) is 0 Å². The number of ether oxygens (including phenoxy) is 1. The molecule has 2 unspecified atom stereocenters. The standard InChI is InChI=1S/C41H46N3O10PS/c1-28-16-18-33(19-17-28)38-37(39(45)42-3)35-23-34(32-20-21-32)36(43-40(35)54-38)24-44(56(48)49)22-10-11-29(2)41(46)50-27-53-55(47,51-25-30-12-6-4-7-13-30)52-26-31-14-8-5-9-15-31/h4-9,12-19,23,29,32H,10-11,20-22,24-27H2,1-3H3,(H,42,45)(H,48,49). The minimum atomic E-state index is -4.14. The number of fused-ring (bicyclic) bond motifs is 1. The Hall–Kier alpha value is -4.53. The number of amides is 1. The predicted octanol–water partition coefficient (Wildman–Crippen LogP) is 8.45. The molecule has 1 amide bonds. The van der Waals surface area contributed by atoms with Crippen LogP contribution >= 0.6 is 7.82 Å². The number of aromatic nitrogens is 1. The quantitative estimate of drug-likeness (QED) is 0.0335. The van der Waals surface area contributed by atoms with Crippen molar-refractivity contribution in [3.8, 4) is 11.3 Å². The Morgan fingerprint density at radius 1 is 0.982 bits per heavy atom. The molecule has 0 spiro atoms. The molecule has 56 heavy (non-hydrogen) atoms. The van der Waals surface area contributed by atoms with E-state index in [1.165, 1.54) is 4.31 Å². The highest BCUT2D eigenvalue weighted by atomic mass is 32.2. The first-order valence-corrected chi connectivity index (χ1v) is 21.0. The fourth-order valence-electron chi connectivity index (χ4n) is 6.14. The second-order valence-electron chi connectivity index (χ2n) is 13.7. The lowest BCUT2D eigenvalue weighted by molar-refractivity contribution is -0.156. The van der Waals surface area contributed by atoms with Crippen LogP contribution in [0.1, 0.15) is 76.8 Å². The number of phosphoric acid groups is 1. The van der Waals surface area contributed by atoms with Gasteiger partial charge in [-0.25, -0.2) is 18.3 Å². The van der Waals surface area contributed by atoms with Crippen LogP contribution in [0.2, 0.25) is 0 Å². The number of carbonyl (C=O) groups excluding carboxylic acids is 2. The fraction of sp³-hybridized carbons (Fsp3) is 0.341. The maximum absolute atomic E-state index is 13.5. The van der Waals surface area contributed by atoms with Crippen molar-refractivity contribution in [3.63, 3.8) is 0 Å². The summed E-state index contributed by atoms with van der Waals surface area (Å²) in [6, 6.07) is 27.8. The van der Waals surface area contributed by atoms with Gasteiger partial charge in [-0.15, -0.1) is 0 Å². The van der Waals surface area contributed by atoms with Crippen molar-refractivity contribution < 1.29 is 45.6 Å². The molecule has 13 nitrogen and oxygen atoms in total. The van der Waals surface area contributed by atoms with Crippen molar-refractivity contribution in [2.75, 3.05) is 20.4 Å². The maximum Gasteiger partial charge on any atom is 0.478 e. The lowest BCUT2D eigenvalue weighted by Crippen LogP contribution is -2.28. The van der Waals surface area contributed by atoms with Gasteiger partial charge >= 0.3 is 13.8 Å². The Morgan fingerprint density at radius 2 is 1.61 bits per heavy atom. The molecule has 2 N–H and O–H groups in total. The van der Waals surface area contributed by atoms with Crippen molar-refractivity contribution in [2.45, 2.75) is 65.2 Å². The summed E-state index contributed by atoms with van der Waals surface area (Å²) >= 11 is -2.35. The zero-order valence-corrected chi connectivity index (χ0v) is 33.3. The van der Waals surface area contributed by atoms with Crippen molar-refractivity contribution in [2.24, 2.45) is 5.92 Å². The van der Waals surface area contributed by atoms with Gasteiger partial charge in [0.1, 0.15) is 5.76 Å². The molecule has 5 aromatic rings. The minimum Gasteiger partial charge on any atom is -0.438 e. The molecule has 0 aliphatic heterocycles. The van der Waals surface area contributed by atoms with E-state index in [1.807, 2.05) is 97.9 Å². The number of furan rings is 1. The molecule has 3 aromatic carbocycles. The molecule has 0 radical (unpaired) electrons. The summed E-state index contributed by atoms with van der Waals surface area (Å²) in [4.78, 5) is 30.9. The Labute approximate surface area is 328 Å². The van der Waals surface area contributed by atoms with E-state index in [4.69, 9.17) is 27.7 Å². The van der Waals surface area contributed by atoms with Crippen molar-refractivity contribution in [3.05, 3.63) is 125 Å². The number of nitrogens with one attached hydrogen (secondary N) is 1. The van der Waals surface area contributed by atoms with E-state index in [0.717, 1.165) is 40.7 Å². The third-order valence-corrected chi connectivity index (χ3v) is 11.5. The van der Waals surface area contributed by atoms with Gasteiger partial charge in [0.25, 0.3) is 5.91 Å². The zero-order chi connectivity index (χ0) is 39.7. The summed E-state index contributed by atoms with van der Waals surface area (Å²) in [7, 11) is -2.58. The Kier molecular flexibility index (Phi) is 14.0. The largest absolute Gasteiger partial charge is 0.478 e. The molecular weight excluding hydrogens is 758 g/mol. The molecule has 1 aliphatic rings. The highest BCUT2D eigenvalue weighted by Gasteiger charge is 2.32. The minimum absolute atomic E-state index is 0.0431. The van der Waals surface area contributed by atoms with E-state index >= 15 is 0 Å². The summed E-state index contributed by atoms with van der Waals surface area (Å²) < 4.78 is 65.8. The topological polar surface area (TPSA) is 167 Å². The zero-order valence-electron chi connectivity index (χ0n) is 31.6. The normalized spacial score (nSPS) is 14.2. The van der Waals surface area contributed by atoms with Gasteiger partial charge in [0.2, 0.25) is 23.8 Å². The molecule has 15 heteroatoms. The van der Waals surface area contributed by atoms with Gasteiger partial charge in [0.15, 0.2) is 0 Å². The van der Waals surface area contributed by atoms with E-state index in [2.05, 4.69) is 5.32 Å². The van der Waals surface area contributed by atoms with E-state index in [0.29, 0.717) is 35.2 Å². The Bertz CT molecular complexity index is 2130. The molecule has 2 heterocycles. The average molecular weight is 804 g/mol. The van der Waals surface area contributed by atoms with Gasteiger partial charge in [-0.2, -0.15) is 4.31 Å². The maximum atomic E-state index is 13.5. The highest BCUT2D eigenvalue weighted by molar-refractivity contribution is 7.76. The van der Waals surface area contributed by atoms with Gasteiger partial charge in [-0.3, -0.25) is 23.2 Å². The molecule has 1 saturated carbocycles. The van der Waals surface area contributed by atoms with Gasteiger partial charge < -0.3 is 14.5 Å². The average Bonchev–Trinajstić information content (AvgIpc) is 3.99. The lowest BCUT2D eigenvalue weighted by Gasteiger charge is -2.20. The van der Waals surface area contributed by atoms with Gasteiger partial charge in [-0.05, 0) is 61.3 Å². The van der Waals surface area contributed by atoms with E-state index in [-0.39, 0.29) is 43.8 Å². The van der Waals surface area contributed by atoms with Gasteiger partial charge in [-0.1, -0.05) is 97.4 Å². The molecule has 2 aromatic heterocycles. The number of phosphoric ester groups is 1. The third kappa shape index (κ3) is 10.9. The molecule has 2 atom stereocenters. The Morgan fingerprint density at radius 3 is 2.18 bits per heavy atom. The second kappa shape index (κ2) is 19.1. The number of aryl methyl sites for hydroxylation is 1. The second-order valence-corrected chi connectivity index (χ2v) is 16.4. The van der Waals surface area contributed by atoms with Crippen molar-refractivity contribution in [1.29, 1.82) is 0 Å². The molecule has 6 rings (SSSR count). The summed E-state index contributed by atoms with van der Waals surface area (Å²) in [5, 5.41) is 3.30. The first-order chi connectivity index (χ1) is 27.0. The molecule has 1 aliphatic carbocycles. The number of benzene rings is 3. The summed E-state index contributed by atoms with van der Waals surface area (Å²) in [5.41, 5.74) is 5.47. The molecule has 296 valence electrons. The number of nitrogens with zero attached hydrogens (tertiary/aromatic N) is 2. The van der Waals surface area contributed by atoms with Crippen molar-refractivity contribution in [1.82, 2.24) is 14.6 Å². The number of esters is 1. The highest BCUT2D eigenvalue weighted by Crippen LogP contribution is 2.51. The predicted molar refractivity (Wildman–Crippen MR) is 211 cm³/mol. The smallest absolute Gasteiger partial charge is 0.438 e. The van der Waals surface area contributed by atoms with Crippen LogP contribution < -0.4 is 5.32 Å². The monoisotopic (exact) mass is 803 g/mol. The fourth-order valence-corrected chi connectivity index (χ4v) is 7.68. The van der Waals surface area contributed by atoms with Crippen LogP contribution in [-0.4, -0.2) is 50.3 Å². The number of hydrogen-bond donors (Lipinski definition) is 2. The molecule has 0 bridgehead atoms. The number of pyridine rings is 1. The SMILES string of the molecule is CNC(=O)c1c(-c2ccc(C)cc2)oc2nc(CN(CCCC(C)C(=O)OCOP(=O)(OCc3ccccc3)OCc3ccccc3)S(=O)O)c(C3CC3)cc12. The van der Waals surface area contributed by atoms with Crippen LogP contribution in [0.3, 0.4) is 0 Å². The van der Waals surface area contributed by atoms with Crippen LogP contribution in [0.25, 0.3) is 22.4 Å². The van der Waals surface area contributed by atoms with Crippen LogP contribution in [0, 0.1) is 12.8 Å². The van der Waals surface area contributed by atoms with Gasteiger partial charge in [0.05, 0.1) is 42.3 Å². The number of carbonyl (C=O) groups is 2. The summed E-state index contributed by atoms with van der Waals surface area (Å²) in [6.07, 6.45) is 2.59.